The molecule has 0 saturated carbocycles. The van der Waals surface area contributed by atoms with Gasteiger partial charge in [-0.25, -0.2) is 0 Å². The maximum Gasteiger partial charge on any atom is 0.277 e. The van der Waals surface area contributed by atoms with E-state index in [0.717, 1.165) is 22.4 Å². The Morgan fingerprint density at radius 1 is 1.07 bits per heavy atom. The molecule has 0 bridgehead atoms. The smallest absolute Gasteiger partial charge is 0.277 e. The van der Waals surface area contributed by atoms with Gasteiger partial charge in [-0.1, -0.05) is 41.4 Å². The number of rotatable bonds is 2. The third kappa shape index (κ3) is 3.02. The Morgan fingerprint density at radius 2 is 1.76 bits per heavy atom. The average Bonchev–Trinajstić information content (AvgIpc) is 3.04. The van der Waals surface area contributed by atoms with Gasteiger partial charge in [-0.15, -0.1) is 0 Å². The molecule has 0 amide bonds. The summed E-state index contributed by atoms with van der Waals surface area (Å²) in [4.78, 5) is 13.1. The highest BCUT2D eigenvalue weighted by atomic mass is 35.5. The fourth-order valence-electron chi connectivity index (χ4n) is 3.70. The van der Waals surface area contributed by atoms with E-state index in [9.17, 15) is 4.79 Å². The normalized spacial score (nSPS) is 11.0. The van der Waals surface area contributed by atoms with Gasteiger partial charge in [-0.05, 0) is 43.7 Å². The molecule has 0 saturated heterocycles. The fourth-order valence-corrected chi connectivity index (χ4v) is 4.21. The molecule has 2 heterocycles. The third-order valence-corrected chi connectivity index (χ3v) is 5.59. The zero-order valence-corrected chi connectivity index (χ0v) is 17.5. The Labute approximate surface area is 177 Å². The van der Waals surface area contributed by atoms with Crippen molar-refractivity contribution in [2.24, 2.45) is 7.05 Å². The van der Waals surface area contributed by atoms with Crippen LogP contribution in [0, 0.1) is 25.2 Å². The average molecular weight is 423 g/mol. The number of aryl methyl sites for hydroxylation is 2. The summed E-state index contributed by atoms with van der Waals surface area (Å²) in [6, 6.07) is 14.5. The molecular weight excluding hydrogens is 407 g/mol. The van der Waals surface area contributed by atoms with Crippen molar-refractivity contribution in [2.45, 2.75) is 13.8 Å². The Morgan fingerprint density at radius 3 is 2.38 bits per heavy atom. The fraction of sp³-hybridized carbons (Fsp3) is 0.136. The molecule has 0 fully saturated rings. The van der Waals surface area contributed by atoms with Gasteiger partial charge in [0.15, 0.2) is 0 Å². The standard InChI is InChI=1S/C22H16Cl2N4O/c1-12-20(15-6-4-14(11-25)5-7-15)27(3)21-19(13(2)26-28(21)22(12)29)17-9-8-16(23)10-18(17)24/h4-10H,1-3H3. The highest BCUT2D eigenvalue weighted by Gasteiger charge is 2.22. The molecular formula is C22H16Cl2N4O. The molecule has 0 aliphatic heterocycles. The van der Waals surface area contributed by atoms with Crippen LogP contribution >= 0.6 is 23.2 Å². The van der Waals surface area contributed by atoms with E-state index < -0.39 is 0 Å². The summed E-state index contributed by atoms with van der Waals surface area (Å²) in [5, 5.41) is 14.6. The number of nitriles is 1. The zero-order chi connectivity index (χ0) is 20.9. The summed E-state index contributed by atoms with van der Waals surface area (Å²) >= 11 is 12.5. The minimum absolute atomic E-state index is 0.197. The van der Waals surface area contributed by atoms with E-state index in [0.29, 0.717) is 32.5 Å². The van der Waals surface area contributed by atoms with Gasteiger partial charge >= 0.3 is 0 Å². The lowest BCUT2D eigenvalue weighted by molar-refractivity contribution is 0.811. The molecule has 0 aliphatic rings. The maximum atomic E-state index is 13.1. The van der Waals surface area contributed by atoms with E-state index in [-0.39, 0.29) is 5.56 Å². The van der Waals surface area contributed by atoms with E-state index in [4.69, 9.17) is 28.5 Å². The van der Waals surface area contributed by atoms with Crippen LogP contribution in [0.1, 0.15) is 16.8 Å². The molecule has 5 nitrogen and oxygen atoms in total. The van der Waals surface area contributed by atoms with Crippen molar-refractivity contribution in [1.29, 1.82) is 5.26 Å². The van der Waals surface area contributed by atoms with Gasteiger partial charge in [0.1, 0.15) is 5.65 Å². The molecule has 144 valence electrons. The minimum Gasteiger partial charge on any atom is -0.328 e. The summed E-state index contributed by atoms with van der Waals surface area (Å²) < 4.78 is 3.36. The summed E-state index contributed by atoms with van der Waals surface area (Å²) in [6.07, 6.45) is 0. The monoisotopic (exact) mass is 422 g/mol. The molecule has 0 unspecified atom stereocenters. The van der Waals surface area contributed by atoms with Crippen LogP contribution in [0.15, 0.2) is 47.3 Å². The third-order valence-electron chi connectivity index (χ3n) is 5.05. The van der Waals surface area contributed by atoms with Crippen molar-refractivity contribution in [3.8, 4) is 28.5 Å². The van der Waals surface area contributed by atoms with Crippen LogP contribution in [0.25, 0.3) is 28.0 Å². The van der Waals surface area contributed by atoms with Crippen molar-refractivity contribution in [3.63, 3.8) is 0 Å². The predicted molar refractivity (Wildman–Crippen MR) is 116 cm³/mol. The second-order valence-corrected chi connectivity index (χ2v) is 7.69. The number of fused-ring (bicyclic) bond motifs is 1. The highest BCUT2D eigenvalue weighted by Crippen LogP contribution is 2.36. The molecule has 0 spiro atoms. The lowest BCUT2D eigenvalue weighted by atomic mass is 10.0. The molecule has 2 aromatic heterocycles. The lowest BCUT2D eigenvalue weighted by Gasteiger charge is -2.15. The number of hydrogen-bond donors (Lipinski definition) is 0. The van der Waals surface area contributed by atoms with Gasteiger partial charge in [0.05, 0.1) is 28.0 Å². The minimum atomic E-state index is -0.197. The molecule has 29 heavy (non-hydrogen) atoms. The van der Waals surface area contributed by atoms with Crippen LogP contribution in [0.5, 0.6) is 0 Å². The van der Waals surface area contributed by atoms with E-state index >= 15 is 0 Å². The first-order valence-corrected chi connectivity index (χ1v) is 9.64. The molecule has 2 aromatic carbocycles. The molecule has 7 heteroatoms. The molecule has 4 rings (SSSR count). The molecule has 4 aromatic rings. The van der Waals surface area contributed by atoms with Gasteiger partial charge in [0.2, 0.25) is 0 Å². The van der Waals surface area contributed by atoms with Crippen LogP contribution in [0.3, 0.4) is 0 Å². The predicted octanol–water partition coefficient (Wildman–Crippen LogP) is 5.16. The van der Waals surface area contributed by atoms with Gasteiger partial charge in [-0.3, -0.25) is 4.79 Å². The first kappa shape index (κ1) is 19.3. The van der Waals surface area contributed by atoms with Gasteiger partial charge < -0.3 is 4.57 Å². The number of hydrogen-bond acceptors (Lipinski definition) is 3. The van der Waals surface area contributed by atoms with Crippen molar-refractivity contribution in [3.05, 3.63) is 79.7 Å². The lowest BCUT2D eigenvalue weighted by Crippen LogP contribution is -2.22. The van der Waals surface area contributed by atoms with Gasteiger partial charge in [-0.2, -0.15) is 14.9 Å². The van der Waals surface area contributed by atoms with Crippen molar-refractivity contribution in [2.75, 3.05) is 0 Å². The molecule has 0 aliphatic carbocycles. The highest BCUT2D eigenvalue weighted by molar-refractivity contribution is 6.36. The molecule has 0 radical (unpaired) electrons. The van der Waals surface area contributed by atoms with Crippen LogP contribution < -0.4 is 5.56 Å². The second-order valence-electron chi connectivity index (χ2n) is 6.85. The summed E-state index contributed by atoms with van der Waals surface area (Å²) in [5.41, 5.74) is 5.41. The van der Waals surface area contributed by atoms with E-state index in [1.807, 2.05) is 36.7 Å². The first-order valence-electron chi connectivity index (χ1n) is 8.88. The van der Waals surface area contributed by atoms with Crippen molar-refractivity contribution >= 4 is 28.8 Å². The summed E-state index contributed by atoms with van der Waals surface area (Å²) in [7, 11) is 1.89. The molecule has 0 atom stereocenters. The van der Waals surface area contributed by atoms with E-state index in [1.54, 1.807) is 31.2 Å². The Balaban J connectivity index is 2.10. The van der Waals surface area contributed by atoms with Gasteiger partial charge in [0.25, 0.3) is 5.56 Å². The van der Waals surface area contributed by atoms with Crippen LogP contribution in [0.4, 0.5) is 0 Å². The SMILES string of the molecule is Cc1nn2c(=O)c(C)c(-c3ccc(C#N)cc3)n(C)c2c1-c1ccc(Cl)cc1Cl. The Bertz CT molecular complexity index is 1380. The second kappa shape index (κ2) is 7.07. The number of benzene rings is 2. The van der Waals surface area contributed by atoms with Crippen LogP contribution in [0.2, 0.25) is 10.0 Å². The van der Waals surface area contributed by atoms with Crippen LogP contribution in [-0.4, -0.2) is 14.2 Å². The zero-order valence-electron chi connectivity index (χ0n) is 16.0. The van der Waals surface area contributed by atoms with E-state index in [1.165, 1.54) is 4.52 Å². The first-order chi connectivity index (χ1) is 13.8. The largest absolute Gasteiger partial charge is 0.328 e. The quantitative estimate of drug-likeness (QED) is 0.447. The van der Waals surface area contributed by atoms with Crippen LogP contribution in [-0.2, 0) is 7.05 Å². The molecule has 0 N–H and O–H groups in total. The number of aromatic nitrogens is 3. The van der Waals surface area contributed by atoms with E-state index in [2.05, 4.69) is 11.2 Å². The van der Waals surface area contributed by atoms with Crippen molar-refractivity contribution in [1.82, 2.24) is 14.2 Å². The number of halogens is 2. The van der Waals surface area contributed by atoms with Crippen molar-refractivity contribution < 1.29 is 0 Å². The Hall–Kier alpha value is -3.07. The van der Waals surface area contributed by atoms with Gasteiger partial charge in [0, 0.05) is 28.8 Å². The summed E-state index contributed by atoms with van der Waals surface area (Å²) in [6.45, 7) is 3.63. The summed E-state index contributed by atoms with van der Waals surface area (Å²) in [5.74, 6) is 0. The maximum absolute atomic E-state index is 13.1. The number of nitrogens with zero attached hydrogens (tertiary/aromatic N) is 4. The Kier molecular flexibility index (Phi) is 4.70. The topological polar surface area (TPSA) is 63.1 Å².